The van der Waals surface area contributed by atoms with E-state index in [0.717, 1.165) is 47.8 Å². The van der Waals surface area contributed by atoms with Crippen LogP contribution in [-0.2, 0) is 11.3 Å². The predicted molar refractivity (Wildman–Crippen MR) is 106 cm³/mol. The Hall–Kier alpha value is -2.24. The average molecular weight is 387 g/mol. The maximum atomic E-state index is 12.6. The highest BCUT2D eigenvalue weighted by Crippen LogP contribution is 2.32. The summed E-state index contributed by atoms with van der Waals surface area (Å²) in [5.74, 6) is 1.39. The van der Waals surface area contributed by atoms with Gasteiger partial charge in [0.2, 0.25) is 5.91 Å². The number of rotatable bonds is 6. The number of nitrogens with zero attached hydrogens (tertiary/aromatic N) is 1. The minimum absolute atomic E-state index is 0.0228. The first kappa shape index (κ1) is 18.1. The van der Waals surface area contributed by atoms with E-state index in [1.54, 1.807) is 0 Å². The summed E-state index contributed by atoms with van der Waals surface area (Å²) in [5.41, 5.74) is 1.89. The Morgan fingerprint density at radius 3 is 2.56 bits per heavy atom. The van der Waals surface area contributed by atoms with E-state index >= 15 is 0 Å². The zero-order valence-electron chi connectivity index (χ0n) is 15.1. The molecule has 142 valence electrons. The number of nitrogens with one attached hydrogen (secondary N) is 1. The first-order chi connectivity index (χ1) is 13.2. The zero-order chi connectivity index (χ0) is 18.6. The van der Waals surface area contributed by atoms with Gasteiger partial charge in [-0.15, -0.1) is 0 Å². The van der Waals surface area contributed by atoms with E-state index in [4.69, 9.17) is 21.1 Å². The van der Waals surface area contributed by atoms with Crippen LogP contribution in [0.5, 0.6) is 11.5 Å². The summed E-state index contributed by atoms with van der Waals surface area (Å²) >= 11 is 5.96. The molecule has 1 saturated carbocycles. The third kappa shape index (κ3) is 4.93. The van der Waals surface area contributed by atoms with Crippen molar-refractivity contribution in [3.8, 4) is 11.5 Å². The van der Waals surface area contributed by atoms with E-state index in [-0.39, 0.29) is 5.91 Å². The zero-order valence-corrected chi connectivity index (χ0v) is 15.9. The number of halogens is 1. The van der Waals surface area contributed by atoms with Gasteiger partial charge >= 0.3 is 0 Å². The number of benzene rings is 2. The summed E-state index contributed by atoms with van der Waals surface area (Å²) < 4.78 is 11.3. The highest BCUT2D eigenvalue weighted by atomic mass is 35.5. The summed E-state index contributed by atoms with van der Waals surface area (Å²) in [6.45, 7) is 2.39. The van der Waals surface area contributed by atoms with Gasteiger partial charge in [0.05, 0.1) is 19.8 Å². The summed E-state index contributed by atoms with van der Waals surface area (Å²) in [5, 5.41) is 3.71. The van der Waals surface area contributed by atoms with Crippen LogP contribution < -0.4 is 14.8 Å². The lowest BCUT2D eigenvalue weighted by Crippen LogP contribution is -2.34. The van der Waals surface area contributed by atoms with Crippen molar-refractivity contribution in [2.75, 3.05) is 25.1 Å². The van der Waals surface area contributed by atoms with Crippen LogP contribution in [0.2, 0.25) is 5.02 Å². The van der Waals surface area contributed by atoms with Crippen LogP contribution in [-0.4, -0.2) is 36.6 Å². The van der Waals surface area contributed by atoms with Crippen LogP contribution in [0.15, 0.2) is 42.5 Å². The number of amides is 1. The molecule has 1 heterocycles. The molecule has 0 radical (unpaired) electrons. The number of fused-ring (bicyclic) bond motifs is 1. The molecule has 2 aromatic rings. The van der Waals surface area contributed by atoms with Gasteiger partial charge in [-0.05, 0) is 42.7 Å². The number of carbonyl (C=O) groups excluding carboxylic acids is 1. The van der Waals surface area contributed by atoms with E-state index in [9.17, 15) is 4.79 Å². The lowest BCUT2D eigenvalue weighted by atomic mass is 10.2. The number of anilines is 1. The van der Waals surface area contributed by atoms with E-state index in [1.165, 1.54) is 0 Å². The van der Waals surface area contributed by atoms with Gasteiger partial charge in [-0.25, -0.2) is 0 Å². The minimum Gasteiger partial charge on any atom is -0.490 e. The molecule has 2 aliphatic rings. The molecule has 27 heavy (non-hydrogen) atoms. The van der Waals surface area contributed by atoms with Crippen LogP contribution in [0.4, 0.5) is 5.69 Å². The van der Waals surface area contributed by atoms with Crippen molar-refractivity contribution in [2.45, 2.75) is 31.8 Å². The Morgan fingerprint density at radius 1 is 1.07 bits per heavy atom. The van der Waals surface area contributed by atoms with Crippen molar-refractivity contribution in [3.63, 3.8) is 0 Å². The number of carbonyl (C=O) groups is 1. The molecule has 5 nitrogen and oxygen atoms in total. The molecule has 2 aromatic carbocycles. The highest BCUT2D eigenvalue weighted by Gasteiger charge is 2.30. The number of ether oxygens (including phenoxy) is 2. The fourth-order valence-electron chi connectivity index (χ4n) is 3.20. The van der Waals surface area contributed by atoms with Crippen molar-refractivity contribution in [1.29, 1.82) is 0 Å². The smallest absolute Gasteiger partial charge is 0.238 e. The first-order valence-corrected chi connectivity index (χ1v) is 9.73. The molecular formula is C21H23ClN2O3. The van der Waals surface area contributed by atoms with E-state index in [1.807, 2.05) is 42.5 Å². The van der Waals surface area contributed by atoms with Crippen LogP contribution in [0.1, 0.15) is 24.8 Å². The molecule has 0 atom stereocenters. The standard InChI is InChI=1S/C21H23ClN2O3/c22-16-4-2-15(3-5-16)13-24(18-7-8-18)14-21(25)23-17-6-9-19-20(12-17)27-11-1-10-26-19/h2-6,9,12,18H,1,7-8,10-11,13-14H2,(H,23,25). The van der Waals surface area contributed by atoms with Crippen LogP contribution in [0.25, 0.3) is 0 Å². The predicted octanol–water partition coefficient (Wildman–Crippen LogP) is 4.10. The van der Waals surface area contributed by atoms with Crippen LogP contribution in [0.3, 0.4) is 0 Å². The molecule has 0 unspecified atom stereocenters. The molecule has 0 spiro atoms. The molecular weight excluding hydrogens is 364 g/mol. The Balaban J connectivity index is 1.38. The van der Waals surface area contributed by atoms with Gasteiger partial charge < -0.3 is 14.8 Å². The molecule has 1 fully saturated rings. The van der Waals surface area contributed by atoms with Crippen LogP contribution in [0, 0.1) is 0 Å². The monoisotopic (exact) mass is 386 g/mol. The molecule has 0 aromatic heterocycles. The van der Waals surface area contributed by atoms with Crippen molar-refractivity contribution in [2.24, 2.45) is 0 Å². The lowest BCUT2D eigenvalue weighted by molar-refractivity contribution is -0.117. The molecule has 1 amide bonds. The third-order valence-corrected chi connectivity index (χ3v) is 4.99. The van der Waals surface area contributed by atoms with Gasteiger partial charge in [0, 0.05) is 35.8 Å². The Morgan fingerprint density at radius 2 is 1.81 bits per heavy atom. The fourth-order valence-corrected chi connectivity index (χ4v) is 3.33. The molecule has 1 aliphatic carbocycles. The van der Waals surface area contributed by atoms with Crippen molar-refractivity contribution < 1.29 is 14.3 Å². The lowest BCUT2D eigenvalue weighted by Gasteiger charge is -2.21. The number of hydrogen-bond donors (Lipinski definition) is 1. The van der Waals surface area contributed by atoms with Crippen molar-refractivity contribution in [1.82, 2.24) is 4.90 Å². The molecule has 4 rings (SSSR count). The van der Waals surface area contributed by atoms with E-state index in [0.29, 0.717) is 31.5 Å². The van der Waals surface area contributed by atoms with Gasteiger partial charge in [-0.3, -0.25) is 9.69 Å². The minimum atomic E-state index is -0.0228. The second-order valence-corrected chi connectivity index (χ2v) is 7.46. The summed E-state index contributed by atoms with van der Waals surface area (Å²) in [6.07, 6.45) is 3.15. The maximum absolute atomic E-state index is 12.6. The van der Waals surface area contributed by atoms with Gasteiger partial charge in [0.15, 0.2) is 11.5 Å². The van der Waals surface area contributed by atoms with E-state index < -0.39 is 0 Å². The van der Waals surface area contributed by atoms with Gasteiger partial charge in [-0.2, -0.15) is 0 Å². The highest BCUT2D eigenvalue weighted by molar-refractivity contribution is 6.30. The van der Waals surface area contributed by atoms with E-state index in [2.05, 4.69) is 10.2 Å². The number of hydrogen-bond acceptors (Lipinski definition) is 4. The maximum Gasteiger partial charge on any atom is 0.238 e. The molecule has 6 heteroatoms. The first-order valence-electron chi connectivity index (χ1n) is 9.35. The Bertz CT molecular complexity index is 806. The molecule has 0 saturated heterocycles. The molecule has 1 aliphatic heterocycles. The average Bonchev–Trinajstić information content (AvgIpc) is 3.50. The molecule has 1 N–H and O–H groups in total. The van der Waals surface area contributed by atoms with Crippen LogP contribution >= 0.6 is 11.6 Å². The SMILES string of the molecule is O=C(CN(Cc1ccc(Cl)cc1)C1CC1)Nc1ccc2c(c1)OCCCO2. The Kier molecular flexibility index (Phi) is 5.50. The molecule has 0 bridgehead atoms. The summed E-state index contributed by atoms with van der Waals surface area (Å²) in [7, 11) is 0. The largest absolute Gasteiger partial charge is 0.490 e. The second kappa shape index (κ2) is 8.19. The fraction of sp³-hybridized carbons (Fsp3) is 0.381. The Labute approximate surface area is 164 Å². The summed E-state index contributed by atoms with van der Waals surface area (Å²) in [4.78, 5) is 14.8. The summed E-state index contributed by atoms with van der Waals surface area (Å²) in [6, 6.07) is 13.8. The normalized spacial score (nSPS) is 16.1. The van der Waals surface area contributed by atoms with Crippen molar-refractivity contribution >= 4 is 23.2 Å². The second-order valence-electron chi connectivity index (χ2n) is 7.02. The van der Waals surface area contributed by atoms with Gasteiger partial charge in [0.25, 0.3) is 0 Å². The topological polar surface area (TPSA) is 50.8 Å². The third-order valence-electron chi connectivity index (χ3n) is 4.74. The van der Waals surface area contributed by atoms with Gasteiger partial charge in [-0.1, -0.05) is 23.7 Å². The van der Waals surface area contributed by atoms with Crippen molar-refractivity contribution in [3.05, 3.63) is 53.1 Å². The quantitative estimate of drug-likeness (QED) is 0.811. The van der Waals surface area contributed by atoms with Gasteiger partial charge in [0.1, 0.15) is 0 Å².